The monoisotopic (exact) mass is 154 g/mol. The summed E-state index contributed by atoms with van der Waals surface area (Å²) < 4.78 is 0. The maximum Gasteiger partial charge on any atom is 0.243 e. The van der Waals surface area contributed by atoms with Gasteiger partial charge in [0.05, 0.1) is 0 Å². The van der Waals surface area contributed by atoms with Crippen LogP contribution in [0.1, 0.15) is 12.8 Å². The highest BCUT2D eigenvalue weighted by Gasteiger charge is 2.28. The molecule has 1 aliphatic rings. The number of amides is 1. The van der Waals surface area contributed by atoms with Gasteiger partial charge in [-0.05, 0) is 31.4 Å². The predicted octanol–water partition coefficient (Wildman–Crippen LogP) is 0.0259. The van der Waals surface area contributed by atoms with Gasteiger partial charge >= 0.3 is 0 Å². The molecule has 3 nitrogen and oxygen atoms in total. The molecule has 0 aromatic heterocycles. The minimum absolute atomic E-state index is 0.0783. The second-order valence-corrected chi connectivity index (χ2v) is 2.98. The van der Waals surface area contributed by atoms with Crippen LogP contribution in [0, 0.1) is 5.92 Å². The molecule has 0 aliphatic heterocycles. The lowest BCUT2D eigenvalue weighted by molar-refractivity contribution is -0.117. The third-order valence-electron chi connectivity index (χ3n) is 2.10. The van der Waals surface area contributed by atoms with E-state index in [0.717, 1.165) is 19.4 Å². The lowest BCUT2D eigenvalue weighted by Crippen LogP contribution is -2.45. The van der Waals surface area contributed by atoms with Gasteiger partial charge in [-0.1, -0.05) is 6.58 Å². The van der Waals surface area contributed by atoms with Crippen LogP contribution in [-0.4, -0.2) is 18.5 Å². The van der Waals surface area contributed by atoms with Crippen LogP contribution in [0.4, 0.5) is 0 Å². The Balaban J connectivity index is 2.13. The quantitative estimate of drug-likeness (QED) is 0.563. The minimum atomic E-state index is -0.0783. The van der Waals surface area contributed by atoms with E-state index in [2.05, 4.69) is 11.9 Å². The van der Waals surface area contributed by atoms with E-state index >= 15 is 0 Å². The van der Waals surface area contributed by atoms with E-state index in [9.17, 15) is 4.79 Å². The van der Waals surface area contributed by atoms with Crippen molar-refractivity contribution in [1.29, 1.82) is 0 Å². The van der Waals surface area contributed by atoms with Crippen LogP contribution in [0.5, 0.6) is 0 Å². The largest absolute Gasteiger partial charge is 0.350 e. The van der Waals surface area contributed by atoms with Gasteiger partial charge in [0, 0.05) is 6.04 Å². The molecule has 0 saturated heterocycles. The summed E-state index contributed by atoms with van der Waals surface area (Å²) in [6, 6.07) is 0.342. The second-order valence-electron chi connectivity index (χ2n) is 2.98. The topological polar surface area (TPSA) is 55.1 Å². The Morgan fingerprint density at radius 1 is 1.73 bits per heavy atom. The predicted molar refractivity (Wildman–Crippen MR) is 43.9 cm³/mol. The summed E-state index contributed by atoms with van der Waals surface area (Å²) in [5, 5.41) is 2.82. The van der Waals surface area contributed by atoms with E-state index in [1.165, 1.54) is 6.08 Å². The third-order valence-corrected chi connectivity index (χ3v) is 2.10. The van der Waals surface area contributed by atoms with Crippen molar-refractivity contribution in [1.82, 2.24) is 5.32 Å². The van der Waals surface area contributed by atoms with E-state index < -0.39 is 0 Å². The first-order valence-corrected chi connectivity index (χ1v) is 3.89. The van der Waals surface area contributed by atoms with Crippen LogP contribution in [0.3, 0.4) is 0 Å². The Bertz CT molecular complexity index is 161. The van der Waals surface area contributed by atoms with Crippen LogP contribution in [-0.2, 0) is 4.79 Å². The molecule has 11 heavy (non-hydrogen) atoms. The van der Waals surface area contributed by atoms with Gasteiger partial charge in [0.25, 0.3) is 0 Å². The average Bonchev–Trinajstić information content (AvgIpc) is 1.95. The third kappa shape index (κ3) is 2.05. The summed E-state index contributed by atoms with van der Waals surface area (Å²) in [6.07, 6.45) is 3.35. The molecule has 0 aromatic rings. The highest BCUT2D eigenvalue weighted by Crippen LogP contribution is 2.25. The van der Waals surface area contributed by atoms with Crippen molar-refractivity contribution in [3.05, 3.63) is 12.7 Å². The van der Waals surface area contributed by atoms with Crippen molar-refractivity contribution in [3.63, 3.8) is 0 Å². The van der Waals surface area contributed by atoms with Gasteiger partial charge in [-0.15, -0.1) is 0 Å². The fourth-order valence-corrected chi connectivity index (χ4v) is 1.31. The molecule has 1 fully saturated rings. The zero-order chi connectivity index (χ0) is 8.27. The van der Waals surface area contributed by atoms with Crippen LogP contribution < -0.4 is 11.1 Å². The smallest absolute Gasteiger partial charge is 0.243 e. The van der Waals surface area contributed by atoms with Gasteiger partial charge in [0.1, 0.15) is 0 Å². The Kier molecular flexibility index (Phi) is 2.65. The minimum Gasteiger partial charge on any atom is -0.350 e. The van der Waals surface area contributed by atoms with Crippen LogP contribution in [0.2, 0.25) is 0 Å². The molecule has 0 atom stereocenters. The Labute approximate surface area is 66.6 Å². The van der Waals surface area contributed by atoms with Gasteiger partial charge in [-0.2, -0.15) is 0 Å². The van der Waals surface area contributed by atoms with Crippen LogP contribution in [0.15, 0.2) is 12.7 Å². The summed E-state index contributed by atoms with van der Waals surface area (Å²) in [7, 11) is 0. The molecule has 0 unspecified atom stereocenters. The first-order chi connectivity index (χ1) is 5.26. The Morgan fingerprint density at radius 3 is 2.82 bits per heavy atom. The molecule has 3 heteroatoms. The summed E-state index contributed by atoms with van der Waals surface area (Å²) in [5.74, 6) is 0.538. The van der Waals surface area contributed by atoms with Crippen molar-refractivity contribution < 1.29 is 4.79 Å². The molecule has 0 radical (unpaired) electrons. The van der Waals surface area contributed by atoms with E-state index in [1.807, 2.05) is 0 Å². The Hall–Kier alpha value is -0.830. The highest BCUT2D eigenvalue weighted by atomic mass is 16.1. The number of hydrogen-bond acceptors (Lipinski definition) is 2. The maximum atomic E-state index is 10.7. The van der Waals surface area contributed by atoms with Crippen LogP contribution >= 0.6 is 0 Å². The SMILES string of the molecule is C=CC(=O)NC1CC(CN)C1. The van der Waals surface area contributed by atoms with E-state index in [1.54, 1.807) is 0 Å². The van der Waals surface area contributed by atoms with Gasteiger partial charge in [0.2, 0.25) is 5.91 Å². The summed E-state index contributed by atoms with van der Waals surface area (Å²) >= 11 is 0. The number of rotatable bonds is 3. The molecule has 1 amide bonds. The van der Waals surface area contributed by atoms with Gasteiger partial charge in [-0.25, -0.2) is 0 Å². The molecule has 3 N–H and O–H groups in total. The molecule has 1 aliphatic carbocycles. The number of carbonyl (C=O) groups is 1. The Morgan fingerprint density at radius 2 is 2.36 bits per heavy atom. The molecule has 0 aromatic carbocycles. The van der Waals surface area contributed by atoms with Gasteiger partial charge in [0.15, 0.2) is 0 Å². The van der Waals surface area contributed by atoms with Crippen molar-refractivity contribution in [2.75, 3.05) is 6.54 Å². The number of nitrogens with one attached hydrogen (secondary N) is 1. The van der Waals surface area contributed by atoms with E-state index in [-0.39, 0.29) is 5.91 Å². The molecule has 0 bridgehead atoms. The van der Waals surface area contributed by atoms with E-state index in [4.69, 9.17) is 5.73 Å². The first kappa shape index (κ1) is 8.27. The van der Waals surface area contributed by atoms with Gasteiger partial charge in [-0.3, -0.25) is 4.79 Å². The molecule has 1 rings (SSSR count). The summed E-state index contributed by atoms with van der Waals surface area (Å²) in [4.78, 5) is 10.7. The summed E-state index contributed by atoms with van der Waals surface area (Å²) in [6.45, 7) is 4.11. The molecule has 62 valence electrons. The molecular weight excluding hydrogens is 140 g/mol. The number of carbonyl (C=O) groups excluding carboxylic acids is 1. The average molecular weight is 154 g/mol. The van der Waals surface area contributed by atoms with Crippen LogP contribution in [0.25, 0.3) is 0 Å². The number of hydrogen-bond donors (Lipinski definition) is 2. The lowest BCUT2D eigenvalue weighted by Gasteiger charge is -2.34. The standard InChI is InChI=1S/C8H14N2O/c1-2-8(11)10-7-3-6(4-7)5-9/h2,6-7H,1,3-5,9H2,(H,10,11). The van der Waals surface area contributed by atoms with Crippen molar-refractivity contribution in [2.45, 2.75) is 18.9 Å². The second kappa shape index (κ2) is 3.53. The fraction of sp³-hybridized carbons (Fsp3) is 0.625. The van der Waals surface area contributed by atoms with Gasteiger partial charge < -0.3 is 11.1 Å². The normalized spacial score (nSPS) is 28.8. The lowest BCUT2D eigenvalue weighted by atomic mass is 9.80. The first-order valence-electron chi connectivity index (χ1n) is 3.89. The summed E-state index contributed by atoms with van der Waals surface area (Å²) in [5.41, 5.74) is 5.43. The zero-order valence-electron chi connectivity index (χ0n) is 6.55. The van der Waals surface area contributed by atoms with Crippen molar-refractivity contribution >= 4 is 5.91 Å². The van der Waals surface area contributed by atoms with Crippen molar-refractivity contribution in [3.8, 4) is 0 Å². The maximum absolute atomic E-state index is 10.7. The zero-order valence-corrected chi connectivity index (χ0v) is 6.55. The number of nitrogens with two attached hydrogens (primary N) is 1. The van der Waals surface area contributed by atoms with E-state index in [0.29, 0.717) is 12.0 Å². The molecular formula is C8H14N2O. The fourth-order valence-electron chi connectivity index (χ4n) is 1.31. The van der Waals surface area contributed by atoms with Crippen molar-refractivity contribution in [2.24, 2.45) is 11.7 Å². The molecule has 0 spiro atoms. The molecule has 0 heterocycles. The molecule has 1 saturated carbocycles. The highest BCUT2D eigenvalue weighted by molar-refractivity contribution is 5.87.